The van der Waals surface area contributed by atoms with Crippen LogP contribution in [-0.4, -0.2) is 34.2 Å². The van der Waals surface area contributed by atoms with Gasteiger partial charge in [0.15, 0.2) is 0 Å². The van der Waals surface area contributed by atoms with E-state index in [2.05, 4.69) is 15.3 Å². The number of hydrogen-bond acceptors (Lipinski definition) is 4. The molecule has 0 amide bonds. The Morgan fingerprint density at radius 2 is 2.18 bits per heavy atom. The van der Waals surface area contributed by atoms with Crippen molar-refractivity contribution in [2.45, 2.75) is 51.6 Å². The average molecular weight is 254 g/mol. The van der Waals surface area contributed by atoms with Crippen LogP contribution in [-0.2, 0) is 6.54 Å². The van der Waals surface area contributed by atoms with E-state index in [0.29, 0.717) is 6.04 Å². The van der Waals surface area contributed by atoms with Crippen LogP contribution in [0.5, 0.6) is 0 Å². The molecule has 0 radical (unpaired) electrons. The molecule has 0 bridgehead atoms. The van der Waals surface area contributed by atoms with Crippen molar-refractivity contribution in [2.24, 2.45) is 0 Å². The van der Waals surface area contributed by atoms with E-state index in [1.54, 1.807) is 11.3 Å². The fourth-order valence-corrected chi connectivity index (χ4v) is 3.26. The fraction of sp³-hybridized carbons (Fsp3) is 0.769. The lowest BCUT2D eigenvalue weighted by Crippen LogP contribution is -2.38. The summed E-state index contributed by atoms with van der Waals surface area (Å²) in [5.74, 6) is 0. The third-order valence-corrected chi connectivity index (χ3v) is 4.33. The molecule has 0 unspecified atom stereocenters. The molecule has 96 valence electrons. The van der Waals surface area contributed by atoms with Crippen molar-refractivity contribution >= 4 is 11.3 Å². The van der Waals surface area contributed by atoms with E-state index >= 15 is 0 Å². The highest BCUT2D eigenvalue weighted by molar-refractivity contribution is 7.09. The van der Waals surface area contributed by atoms with Gasteiger partial charge in [-0.2, -0.15) is 0 Å². The monoisotopic (exact) mass is 254 g/mol. The van der Waals surface area contributed by atoms with E-state index < -0.39 is 0 Å². The predicted molar refractivity (Wildman–Crippen MR) is 71.2 cm³/mol. The topological polar surface area (TPSA) is 36.4 Å². The fourth-order valence-electron chi connectivity index (χ4n) is 2.65. The highest BCUT2D eigenvalue weighted by Crippen LogP contribution is 2.24. The summed E-state index contributed by atoms with van der Waals surface area (Å²) in [6.07, 6.45) is 6.61. The first kappa shape index (κ1) is 13.0. The Labute approximate surface area is 107 Å². The molecular formula is C13H22N2OS. The minimum atomic E-state index is 0.250. The zero-order chi connectivity index (χ0) is 12.1. The van der Waals surface area contributed by atoms with Crippen LogP contribution >= 0.6 is 11.3 Å². The lowest BCUT2D eigenvalue weighted by molar-refractivity contribution is 0.116. The molecule has 1 fully saturated rings. The molecule has 2 rings (SSSR count). The number of nitrogens with zero attached hydrogens (tertiary/aromatic N) is 2. The summed E-state index contributed by atoms with van der Waals surface area (Å²) >= 11 is 1.71. The highest BCUT2D eigenvalue weighted by atomic mass is 32.1. The summed E-state index contributed by atoms with van der Waals surface area (Å²) in [5.41, 5.74) is 1.16. The Morgan fingerprint density at radius 1 is 1.41 bits per heavy atom. The van der Waals surface area contributed by atoms with E-state index in [1.807, 2.05) is 6.92 Å². The van der Waals surface area contributed by atoms with E-state index in [4.69, 9.17) is 0 Å². The molecule has 0 saturated heterocycles. The Hall–Kier alpha value is -0.450. The van der Waals surface area contributed by atoms with Crippen molar-refractivity contribution in [3.63, 3.8) is 0 Å². The van der Waals surface area contributed by atoms with Gasteiger partial charge in [-0.1, -0.05) is 19.3 Å². The summed E-state index contributed by atoms with van der Waals surface area (Å²) in [4.78, 5) is 6.93. The first-order valence-electron chi connectivity index (χ1n) is 6.55. The van der Waals surface area contributed by atoms with Crippen LogP contribution in [0.3, 0.4) is 0 Å². The molecule has 0 aliphatic heterocycles. The minimum absolute atomic E-state index is 0.250. The van der Waals surface area contributed by atoms with Crippen molar-refractivity contribution in [3.8, 4) is 0 Å². The predicted octanol–water partition coefficient (Wildman–Crippen LogP) is 2.58. The van der Waals surface area contributed by atoms with Gasteiger partial charge in [0.05, 0.1) is 17.3 Å². The second-order valence-corrected chi connectivity index (χ2v) is 5.91. The van der Waals surface area contributed by atoms with Crippen molar-refractivity contribution in [1.82, 2.24) is 9.88 Å². The van der Waals surface area contributed by atoms with Gasteiger partial charge in [-0.15, -0.1) is 11.3 Å². The SMILES string of the molecule is Cc1nc(CN(CCO)C2CCCCC2)cs1. The molecular weight excluding hydrogens is 232 g/mol. The zero-order valence-corrected chi connectivity index (χ0v) is 11.4. The van der Waals surface area contributed by atoms with Crippen LogP contribution < -0.4 is 0 Å². The number of aryl methyl sites for hydroxylation is 1. The first-order valence-corrected chi connectivity index (χ1v) is 7.43. The lowest BCUT2D eigenvalue weighted by atomic mass is 9.94. The van der Waals surface area contributed by atoms with Gasteiger partial charge in [-0.3, -0.25) is 4.90 Å². The number of hydrogen-bond donors (Lipinski definition) is 1. The van der Waals surface area contributed by atoms with Gasteiger partial charge in [-0.05, 0) is 19.8 Å². The smallest absolute Gasteiger partial charge is 0.0897 e. The normalized spacial score (nSPS) is 17.8. The summed E-state index contributed by atoms with van der Waals surface area (Å²) in [7, 11) is 0. The largest absolute Gasteiger partial charge is 0.395 e. The van der Waals surface area contributed by atoms with Crippen molar-refractivity contribution < 1.29 is 5.11 Å². The Bertz CT molecular complexity index is 334. The molecule has 0 atom stereocenters. The van der Waals surface area contributed by atoms with Gasteiger partial charge in [-0.25, -0.2) is 4.98 Å². The third-order valence-electron chi connectivity index (χ3n) is 3.51. The Kier molecular flexibility index (Phi) is 4.95. The van der Waals surface area contributed by atoms with Gasteiger partial charge < -0.3 is 5.11 Å². The van der Waals surface area contributed by atoms with E-state index in [1.165, 1.54) is 32.1 Å². The highest BCUT2D eigenvalue weighted by Gasteiger charge is 2.21. The maximum atomic E-state index is 9.19. The van der Waals surface area contributed by atoms with Crippen LogP contribution in [0.4, 0.5) is 0 Å². The molecule has 0 spiro atoms. The number of rotatable bonds is 5. The molecule has 1 heterocycles. The van der Waals surface area contributed by atoms with Crippen molar-refractivity contribution in [2.75, 3.05) is 13.2 Å². The molecule has 3 nitrogen and oxygen atoms in total. The van der Waals surface area contributed by atoms with Crippen LogP contribution in [0.2, 0.25) is 0 Å². The number of thiazole rings is 1. The number of aliphatic hydroxyl groups is 1. The Balaban J connectivity index is 1.95. The van der Waals surface area contributed by atoms with E-state index in [9.17, 15) is 5.11 Å². The van der Waals surface area contributed by atoms with Crippen LogP contribution in [0.15, 0.2) is 5.38 Å². The van der Waals surface area contributed by atoms with Crippen LogP contribution in [0, 0.1) is 6.92 Å². The quantitative estimate of drug-likeness (QED) is 0.877. The van der Waals surface area contributed by atoms with Gasteiger partial charge in [0.2, 0.25) is 0 Å². The maximum Gasteiger partial charge on any atom is 0.0897 e. The molecule has 4 heteroatoms. The van der Waals surface area contributed by atoms with Crippen molar-refractivity contribution in [1.29, 1.82) is 0 Å². The van der Waals surface area contributed by atoms with E-state index in [0.717, 1.165) is 23.8 Å². The summed E-state index contributed by atoms with van der Waals surface area (Å²) in [6.45, 7) is 3.97. The second kappa shape index (κ2) is 6.47. The third kappa shape index (κ3) is 3.76. The zero-order valence-electron chi connectivity index (χ0n) is 10.6. The van der Waals surface area contributed by atoms with Gasteiger partial charge in [0.25, 0.3) is 0 Å². The van der Waals surface area contributed by atoms with Crippen LogP contribution in [0.25, 0.3) is 0 Å². The molecule has 1 aliphatic rings. The van der Waals surface area contributed by atoms with Crippen LogP contribution in [0.1, 0.15) is 42.8 Å². The maximum absolute atomic E-state index is 9.19. The van der Waals surface area contributed by atoms with Gasteiger partial charge in [0.1, 0.15) is 0 Å². The van der Waals surface area contributed by atoms with Gasteiger partial charge in [0, 0.05) is 24.5 Å². The Morgan fingerprint density at radius 3 is 2.76 bits per heavy atom. The number of aliphatic hydroxyl groups excluding tert-OH is 1. The molecule has 17 heavy (non-hydrogen) atoms. The lowest BCUT2D eigenvalue weighted by Gasteiger charge is -2.33. The summed E-state index contributed by atoms with van der Waals surface area (Å²) < 4.78 is 0. The second-order valence-electron chi connectivity index (χ2n) is 4.84. The van der Waals surface area contributed by atoms with Gasteiger partial charge >= 0.3 is 0 Å². The van der Waals surface area contributed by atoms with Crippen molar-refractivity contribution in [3.05, 3.63) is 16.1 Å². The standard InChI is InChI=1S/C13H22N2OS/c1-11-14-12(10-17-11)9-15(7-8-16)13-5-3-2-4-6-13/h10,13,16H,2-9H2,1H3. The molecule has 1 aliphatic carbocycles. The molecule has 1 saturated carbocycles. The summed E-state index contributed by atoms with van der Waals surface area (Å²) in [6, 6.07) is 0.651. The van der Waals surface area contributed by atoms with E-state index in [-0.39, 0.29) is 6.61 Å². The molecule has 0 aromatic carbocycles. The average Bonchev–Trinajstić information content (AvgIpc) is 2.75. The first-order chi connectivity index (χ1) is 8.29. The number of aromatic nitrogens is 1. The summed E-state index contributed by atoms with van der Waals surface area (Å²) in [5, 5.41) is 12.5. The molecule has 1 aromatic heterocycles. The molecule has 1 aromatic rings. The minimum Gasteiger partial charge on any atom is -0.395 e. The molecule has 1 N–H and O–H groups in total.